The van der Waals surface area contributed by atoms with Gasteiger partial charge in [-0.05, 0) is 45.9 Å². The highest BCUT2D eigenvalue weighted by atomic mass is 16.6. The first-order valence-corrected chi connectivity index (χ1v) is 6.44. The quantitative estimate of drug-likeness (QED) is 0.742. The largest absolute Gasteiger partial charge is 0.508 e. The minimum absolute atomic E-state index is 0.115. The fourth-order valence-corrected chi connectivity index (χ4v) is 1.47. The molecule has 0 aliphatic carbocycles. The Hall–Kier alpha value is -2.01. The van der Waals surface area contributed by atoms with Crippen LogP contribution in [0.5, 0.6) is 5.75 Å². The van der Waals surface area contributed by atoms with Crippen molar-refractivity contribution in [2.24, 2.45) is 5.73 Å². The Balaban J connectivity index is 2.92. The molecule has 0 saturated heterocycles. The molecule has 5 nitrogen and oxygen atoms in total. The molecule has 1 rings (SSSR count). The molecule has 0 aromatic heterocycles. The van der Waals surface area contributed by atoms with Gasteiger partial charge in [-0.3, -0.25) is 5.32 Å². The molecule has 110 valence electrons. The molecule has 1 atom stereocenters. The predicted octanol–water partition coefficient (Wildman–Crippen LogP) is 3.10. The minimum Gasteiger partial charge on any atom is -0.508 e. The van der Waals surface area contributed by atoms with Crippen molar-refractivity contribution < 1.29 is 14.6 Å². The lowest BCUT2D eigenvalue weighted by atomic mass is 10.1. The lowest BCUT2D eigenvalue weighted by molar-refractivity contribution is 0.0636. The number of benzene rings is 1. The van der Waals surface area contributed by atoms with E-state index in [1.807, 2.05) is 6.92 Å². The Morgan fingerprint density at radius 3 is 2.65 bits per heavy atom. The number of rotatable bonds is 3. The number of nitrogens with one attached hydrogen (secondary N) is 1. The lowest BCUT2D eigenvalue weighted by Crippen LogP contribution is -2.27. The average molecular weight is 278 g/mol. The molecule has 0 bridgehead atoms. The summed E-state index contributed by atoms with van der Waals surface area (Å²) < 4.78 is 5.19. The van der Waals surface area contributed by atoms with Gasteiger partial charge in [0.25, 0.3) is 0 Å². The Morgan fingerprint density at radius 2 is 2.10 bits per heavy atom. The van der Waals surface area contributed by atoms with Crippen LogP contribution in [0.2, 0.25) is 0 Å². The molecule has 0 aliphatic rings. The normalized spacial score (nSPS) is 13.2. The molecule has 0 radical (unpaired) electrons. The van der Waals surface area contributed by atoms with Crippen molar-refractivity contribution in [1.29, 1.82) is 0 Å². The van der Waals surface area contributed by atoms with E-state index in [0.29, 0.717) is 11.3 Å². The van der Waals surface area contributed by atoms with Crippen LogP contribution in [0.1, 0.15) is 33.3 Å². The summed E-state index contributed by atoms with van der Waals surface area (Å²) in [7, 11) is 0. The highest BCUT2D eigenvalue weighted by Crippen LogP contribution is 2.23. The van der Waals surface area contributed by atoms with Gasteiger partial charge in [0.2, 0.25) is 0 Å². The molecule has 1 amide bonds. The van der Waals surface area contributed by atoms with Gasteiger partial charge in [-0.1, -0.05) is 12.2 Å². The van der Waals surface area contributed by atoms with Gasteiger partial charge in [0.15, 0.2) is 0 Å². The Morgan fingerprint density at radius 1 is 1.45 bits per heavy atom. The molecule has 1 unspecified atom stereocenters. The smallest absolute Gasteiger partial charge is 0.412 e. The van der Waals surface area contributed by atoms with Crippen molar-refractivity contribution >= 4 is 17.9 Å². The molecule has 20 heavy (non-hydrogen) atoms. The van der Waals surface area contributed by atoms with Crippen LogP contribution in [0.25, 0.3) is 6.08 Å². The van der Waals surface area contributed by atoms with Crippen LogP contribution >= 0.6 is 0 Å². The average Bonchev–Trinajstić information content (AvgIpc) is 2.26. The SMILES string of the molecule is CC(N)/C=C/c1cc(O)ccc1NC(=O)OC(C)(C)C. The summed E-state index contributed by atoms with van der Waals surface area (Å²) in [6, 6.07) is 4.54. The summed E-state index contributed by atoms with van der Waals surface area (Å²) in [4.78, 5) is 11.8. The number of aromatic hydroxyl groups is 1. The van der Waals surface area contributed by atoms with Gasteiger partial charge >= 0.3 is 6.09 Å². The zero-order chi connectivity index (χ0) is 15.3. The highest BCUT2D eigenvalue weighted by Gasteiger charge is 2.17. The van der Waals surface area contributed by atoms with E-state index >= 15 is 0 Å². The van der Waals surface area contributed by atoms with E-state index in [2.05, 4.69) is 5.32 Å². The molecule has 0 aliphatic heterocycles. The predicted molar refractivity (Wildman–Crippen MR) is 80.6 cm³/mol. The Bertz CT molecular complexity index is 502. The summed E-state index contributed by atoms with van der Waals surface area (Å²) in [6.45, 7) is 7.21. The molecular formula is C15H22N2O3. The maximum Gasteiger partial charge on any atom is 0.412 e. The number of hydrogen-bond donors (Lipinski definition) is 3. The number of anilines is 1. The van der Waals surface area contributed by atoms with Crippen LogP contribution in [0.15, 0.2) is 24.3 Å². The monoisotopic (exact) mass is 278 g/mol. The number of phenolic OH excluding ortho intramolecular Hbond substituents is 1. The van der Waals surface area contributed by atoms with E-state index in [1.54, 1.807) is 45.1 Å². The van der Waals surface area contributed by atoms with Gasteiger partial charge in [-0.15, -0.1) is 0 Å². The molecule has 0 spiro atoms. The fourth-order valence-electron chi connectivity index (χ4n) is 1.47. The lowest BCUT2D eigenvalue weighted by Gasteiger charge is -2.20. The van der Waals surface area contributed by atoms with Crippen LogP contribution in [0.3, 0.4) is 0 Å². The molecule has 1 aromatic rings. The molecule has 4 N–H and O–H groups in total. The number of amides is 1. The third-order valence-electron chi connectivity index (χ3n) is 2.25. The van der Waals surface area contributed by atoms with Crippen molar-refractivity contribution in [3.63, 3.8) is 0 Å². The number of carbonyl (C=O) groups excluding carboxylic acids is 1. The van der Waals surface area contributed by atoms with E-state index in [-0.39, 0.29) is 11.8 Å². The first kappa shape index (κ1) is 16.0. The van der Waals surface area contributed by atoms with Crippen LogP contribution in [0, 0.1) is 0 Å². The number of ether oxygens (including phenoxy) is 1. The fraction of sp³-hybridized carbons (Fsp3) is 0.400. The van der Waals surface area contributed by atoms with E-state index in [0.717, 1.165) is 0 Å². The van der Waals surface area contributed by atoms with E-state index in [9.17, 15) is 9.90 Å². The standard InChI is InChI=1S/C15H22N2O3/c1-10(16)5-6-11-9-12(18)7-8-13(11)17-14(19)20-15(2,3)4/h5-10,18H,16H2,1-4H3,(H,17,19)/b6-5+. The molecule has 5 heteroatoms. The molecule has 0 heterocycles. The summed E-state index contributed by atoms with van der Waals surface area (Å²) in [5.74, 6) is 0.115. The summed E-state index contributed by atoms with van der Waals surface area (Å²) >= 11 is 0. The molecule has 0 fully saturated rings. The van der Waals surface area contributed by atoms with Crippen molar-refractivity contribution in [1.82, 2.24) is 0 Å². The van der Waals surface area contributed by atoms with Gasteiger partial charge in [-0.25, -0.2) is 4.79 Å². The maximum absolute atomic E-state index is 11.8. The molecular weight excluding hydrogens is 256 g/mol. The Kier molecular flexibility index (Phi) is 5.16. The van der Waals surface area contributed by atoms with Crippen LogP contribution in [0.4, 0.5) is 10.5 Å². The van der Waals surface area contributed by atoms with Crippen LogP contribution in [-0.2, 0) is 4.74 Å². The highest BCUT2D eigenvalue weighted by molar-refractivity contribution is 5.88. The summed E-state index contributed by atoms with van der Waals surface area (Å²) in [5, 5.41) is 12.2. The zero-order valence-corrected chi connectivity index (χ0v) is 12.3. The van der Waals surface area contributed by atoms with E-state index in [4.69, 9.17) is 10.5 Å². The second-order valence-corrected chi connectivity index (χ2v) is 5.62. The van der Waals surface area contributed by atoms with Crippen molar-refractivity contribution in [3.8, 4) is 5.75 Å². The second kappa shape index (κ2) is 6.43. The number of nitrogens with two attached hydrogens (primary N) is 1. The van der Waals surface area contributed by atoms with Crippen molar-refractivity contribution in [2.45, 2.75) is 39.3 Å². The third-order valence-corrected chi connectivity index (χ3v) is 2.25. The van der Waals surface area contributed by atoms with Crippen molar-refractivity contribution in [2.75, 3.05) is 5.32 Å². The minimum atomic E-state index is -0.567. The molecule has 1 aromatic carbocycles. The van der Waals surface area contributed by atoms with Gasteiger partial charge in [0.1, 0.15) is 11.4 Å². The first-order valence-electron chi connectivity index (χ1n) is 6.44. The van der Waals surface area contributed by atoms with Gasteiger partial charge in [-0.2, -0.15) is 0 Å². The van der Waals surface area contributed by atoms with E-state index < -0.39 is 11.7 Å². The van der Waals surface area contributed by atoms with E-state index in [1.165, 1.54) is 6.07 Å². The topological polar surface area (TPSA) is 84.6 Å². The van der Waals surface area contributed by atoms with Crippen LogP contribution < -0.4 is 11.1 Å². The number of phenols is 1. The zero-order valence-electron chi connectivity index (χ0n) is 12.3. The summed E-state index contributed by atoms with van der Waals surface area (Å²) in [6.07, 6.45) is 2.98. The van der Waals surface area contributed by atoms with Gasteiger partial charge in [0.05, 0.1) is 5.69 Å². The van der Waals surface area contributed by atoms with Crippen molar-refractivity contribution in [3.05, 3.63) is 29.8 Å². The number of carbonyl (C=O) groups is 1. The van der Waals surface area contributed by atoms with Gasteiger partial charge < -0.3 is 15.6 Å². The number of hydrogen-bond acceptors (Lipinski definition) is 4. The Labute approximate surface area is 119 Å². The van der Waals surface area contributed by atoms with Gasteiger partial charge in [0, 0.05) is 11.6 Å². The maximum atomic E-state index is 11.8. The van der Waals surface area contributed by atoms with Crippen LogP contribution in [-0.4, -0.2) is 22.8 Å². The summed E-state index contributed by atoms with van der Waals surface area (Å²) in [5.41, 5.74) is 6.30. The second-order valence-electron chi connectivity index (χ2n) is 5.62. The first-order chi connectivity index (χ1) is 9.17. The third kappa shape index (κ3) is 5.75. The molecule has 0 saturated carbocycles.